The van der Waals surface area contributed by atoms with Gasteiger partial charge in [0.05, 0.1) is 22.7 Å². The summed E-state index contributed by atoms with van der Waals surface area (Å²) in [5.41, 5.74) is 3.78. The van der Waals surface area contributed by atoms with Gasteiger partial charge in [0.1, 0.15) is 11.6 Å². The standard InChI is InChI=1S/C26H20FNO3/c1-30-26-21(13-16-5-3-2-4-6-16)25(29)20-15-18(8-12-24(20)31-26)22-10-7-17-14-19(27)9-11-23(17)28-22/h2-12,14-15,21,26H,13H2,1H3. The van der Waals surface area contributed by atoms with Crippen LogP contribution in [-0.2, 0) is 11.2 Å². The number of carbonyl (C=O) groups excluding carboxylic acids is 1. The van der Waals surface area contributed by atoms with Gasteiger partial charge in [-0.15, -0.1) is 0 Å². The second-order valence-corrected chi connectivity index (χ2v) is 7.63. The van der Waals surface area contributed by atoms with Crippen LogP contribution >= 0.6 is 0 Å². The molecule has 0 saturated heterocycles. The van der Waals surface area contributed by atoms with Gasteiger partial charge in [0.15, 0.2) is 5.78 Å². The van der Waals surface area contributed by atoms with E-state index in [4.69, 9.17) is 9.47 Å². The molecule has 5 heteroatoms. The molecule has 2 unspecified atom stereocenters. The Hall–Kier alpha value is -3.57. The Morgan fingerprint density at radius 2 is 1.84 bits per heavy atom. The van der Waals surface area contributed by atoms with E-state index >= 15 is 0 Å². The number of pyridine rings is 1. The van der Waals surface area contributed by atoms with Crippen LogP contribution in [0.25, 0.3) is 22.2 Å². The van der Waals surface area contributed by atoms with E-state index in [-0.39, 0.29) is 11.6 Å². The lowest BCUT2D eigenvalue weighted by Crippen LogP contribution is -2.40. The van der Waals surface area contributed by atoms with Gasteiger partial charge in [-0.05, 0) is 54.4 Å². The highest BCUT2D eigenvalue weighted by Gasteiger charge is 2.37. The second-order valence-electron chi connectivity index (χ2n) is 7.63. The first-order valence-corrected chi connectivity index (χ1v) is 10.1. The summed E-state index contributed by atoms with van der Waals surface area (Å²) >= 11 is 0. The fourth-order valence-corrected chi connectivity index (χ4v) is 4.04. The van der Waals surface area contributed by atoms with Crippen molar-refractivity contribution < 1.29 is 18.7 Å². The summed E-state index contributed by atoms with van der Waals surface area (Å²) in [6, 6.07) is 23.5. The van der Waals surface area contributed by atoms with Crippen molar-refractivity contribution in [2.45, 2.75) is 12.7 Å². The zero-order valence-electron chi connectivity index (χ0n) is 16.9. The molecule has 0 radical (unpaired) electrons. The van der Waals surface area contributed by atoms with Crippen LogP contribution in [0.4, 0.5) is 4.39 Å². The maximum atomic E-state index is 13.5. The molecule has 1 aliphatic rings. The molecule has 0 N–H and O–H groups in total. The highest BCUT2D eigenvalue weighted by molar-refractivity contribution is 6.02. The summed E-state index contributed by atoms with van der Waals surface area (Å²) in [4.78, 5) is 18.0. The zero-order chi connectivity index (χ0) is 21.4. The molecule has 0 bridgehead atoms. The van der Waals surface area contributed by atoms with Crippen LogP contribution in [0.3, 0.4) is 0 Å². The molecule has 0 aliphatic carbocycles. The number of carbonyl (C=O) groups is 1. The molecule has 4 aromatic rings. The smallest absolute Gasteiger partial charge is 0.210 e. The number of nitrogens with zero attached hydrogens (tertiary/aromatic N) is 1. The summed E-state index contributed by atoms with van der Waals surface area (Å²) in [5.74, 6) is -0.243. The number of aromatic nitrogens is 1. The molecule has 3 aromatic carbocycles. The number of fused-ring (bicyclic) bond motifs is 2. The first kappa shape index (κ1) is 19.4. The number of benzene rings is 3. The maximum Gasteiger partial charge on any atom is 0.210 e. The van der Waals surface area contributed by atoms with Crippen LogP contribution in [0.2, 0.25) is 0 Å². The summed E-state index contributed by atoms with van der Waals surface area (Å²) in [7, 11) is 1.55. The van der Waals surface area contributed by atoms with Gasteiger partial charge in [-0.3, -0.25) is 4.79 Å². The zero-order valence-corrected chi connectivity index (χ0v) is 16.9. The summed E-state index contributed by atoms with van der Waals surface area (Å²) in [6.45, 7) is 0. The lowest BCUT2D eigenvalue weighted by molar-refractivity contribution is -0.0881. The van der Waals surface area contributed by atoms with E-state index in [0.717, 1.165) is 16.5 Å². The topological polar surface area (TPSA) is 48.4 Å². The van der Waals surface area contributed by atoms with E-state index in [1.54, 1.807) is 19.2 Å². The molecule has 4 nitrogen and oxygen atoms in total. The molecule has 0 spiro atoms. The van der Waals surface area contributed by atoms with Crippen LogP contribution in [0, 0.1) is 11.7 Å². The maximum absolute atomic E-state index is 13.5. The highest BCUT2D eigenvalue weighted by Crippen LogP contribution is 2.36. The number of Topliss-reactive ketones (excluding diaryl/α,β-unsaturated/α-hetero) is 1. The monoisotopic (exact) mass is 413 g/mol. The van der Waals surface area contributed by atoms with Gasteiger partial charge in [0.25, 0.3) is 0 Å². The van der Waals surface area contributed by atoms with Crippen molar-refractivity contribution in [1.29, 1.82) is 0 Å². The molecule has 5 rings (SSSR count). The van der Waals surface area contributed by atoms with Crippen LogP contribution in [-0.4, -0.2) is 24.2 Å². The lowest BCUT2D eigenvalue weighted by atomic mass is 9.87. The van der Waals surface area contributed by atoms with Crippen molar-refractivity contribution in [3.05, 3.63) is 95.8 Å². The minimum Gasteiger partial charge on any atom is -0.463 e. The summed E-state index contributed by atoms with van der Waals surface area (Å²) in [6.07, 6.45) is -0.110. The Labute approximate surface area is 179 Å². The Kier molecular flexibility index (Phi) is 4.96. The summed E-state index contributed by atoms with van der Waals surface area (Å²) < 4.78 is 25.0. The first-order valence-electron chi connectivity index (χ1n) is 10.1. The number of hydrogen-bond acceptors (Lipinski definition) is 4. The third-order valence-electron chi connectivity index (χ3n) is 5.63. The second kappa shape index (κ2) is 7.93. The lowest BCUT2D eigenvalue weighted by Gasteiger charge is -2.31. The molecular weight excluding hydrogens is 393 g/mol. The predicted octanol–water partition coefficient (Wildman–Crippen LogP) is 5.45. The van der Waals surface area contributed by atoms with Crippen molar-refractivity contribution in [2.75, 3.05) is 7.11 Å². The highest BCUT2D eigenvalue weighted by atomic mass is 19.1. The van der Waals surface area contributed by atoms with Crippen molar-refractivity contribution in [1.82, 2.24) is 4.98 Å². The molecule has 154 valence electrons. The molecule has 31 heavy (non-hydrogen) atoms. The number of halogens is 1. The average Bonchev–Trinajstić information content (AvgIpc) is 2.81. The Balaban J connectivity index is 1.51. The third kappa shape index (κ3) is 3.68. The van der Waals surface area contributed by atoms with Crippen molar-refractivity contribution in [2.24, 2.45) is 5.92 Å². The van der Waals surface area contributed by atoms with E-state index in [1.807, 2.05) is 54.6 Å². The van der Waals surface area contributed by atoms with E-state index < -0.39 is 12.2 Å². The van der Waals surface area contributed by atoms with E-state index in [9.17, 15) is 9.18 Å². The Morgan fingerprint density at radius 3 is 2.65 bits per heavy atom. The molecule has 1 aromatic heterocycles. The molecule has 1 aliphatic heterocycles. The van der Waals surface area contributed by atoms with Crippen LogP contribution in [0.5, 0.6) is 5.75 Å². The van der Waals surface area contributed by atoms with Crippen molar-refractivity contribution >= 4 is 16.7 Å². The number of ether oxygens (including phenoxy) is 2. The molecule has 2 heterocycles. The van der Waals surface area contributed by atoms with Crippen LogP contribution in [0.15, 0.2) is 78.9 Å². The molecule has 0 fully saturated rings. The van der Waals surface area contributed by atoms with Crippen molar-refractivity contribution in [3.8, 4) is 17.0 Å². The molecule has 0 saturated carbocycles. The van der Waals surface area contributed by atoms with E-state index in [1.165, 1.54) is 12.1 Å². The first-order chi connectivity index (χ1) is 15.1. The van der Waals surface area contributed by atoms with Gasteiger partial charge in [0.2, 0.25) is 6.29 Å². The van der Waals surface area contributed by atoms with Gasteiger partial charge < -0.3 is 9.47 Å². The number of ketones is 1. The normalized spacial score (nSPS) is 17.9. The fraction of sp³-hybridized carbons (Fsp3) is 0.154. The molecule has 2 atom stereocenters. The van der Waals surface area contributed by atoms with E-state index in [2.05, 4.69) is 4.98 Å². The van der Waals surface area contributed by atoms with Gasteiger partial charge in [-0.1, -0.05) is 36.4 Å². The predicted molar refractivity (Wildman–Crippen MR) is 117 cm³/mol. The van der Waals surface area contributed by atoms with Crippen LogP contribution in [0.1, 0.15) is 15.9 Å². The minimum atomic E-state index is -0.639. The summed E-state index contributed by atoms with van der Waals surface area (Å²) in [5, 5.41) is 0.729. The molecular formula is C26H20FNO3. The quantitative estimate of drug-likeness (QED) is 0.447. The van der Waals surface area contributed by atoms with Gasteiger partial charge >= 0.3 is 0 Å². The Morgan fingerprint density at radius 1 is 1.00 bits per heavy atom. The third-order valence-corrected chi connectivity index (χ3v) is 5.63. The fourth-order valence-electron chi connectivity index (χ4n) is 4.04. The number of methoxy groups -OCH3 is 1. The van der Waals surface area contributed by atoms with Gasteiger partial charge in [-0.25, -0.2) is 9.37 Å². The largest absolute Gasteiger partial charge is 0.463 e. The Bertz CT molecular complexity index is 1270. The van der Waals surface area contributed by atoms with Crippen molar-refractivity contribution in [3.63, 3.8) is 0 Å². The number of rotatable bonds is 4. The minimum absolute atomic E-state index is 0.0123. The average molecular weight is 413 g/mol. The van der Waals surface area contributed by atoms with E-state index in [0.29, 0.717) is 28.9 Å². The van der Waals surface area contributed by atoms with Gasteiger partial charge in [-0.2, -0.15) is 0 Å². The van der Waals surface area contributed by atoms with Gasteiger partial charge in [0, 0.05) is 18.1 Å². The SMILES string of the molecule is COC1Oc2ccc(-c3ccc4cc(F)ccc4n3)cc2C(=O)C1Cc1ccccc1. The van der Waals surface area contributed by atoms with Crippen LogP contribution < -0.4 is 4.74 Å². The number of hydrogen-bond donors (Lipinski definition) is 0. The molecule has 0 amide bonds.